The summed E-state index contributed by atoms with van der Waals surface area (Å²) in [6.45, 7) is 0.935. The fourth-order valence-corrected chi connectivity index (χ4v) is 6.51. The lowest BCUT2D eigenvalue weighted by molar-refractivity contribution is -0.130. The highest BCUT2D eigenvalue weighted by molar-refractivity contribution is 6.01. The molecule has 3 N–H and O–H groups in total. The molecule has 0 saturated heterocycles. The Morgan fingerprint density at radius 2 is 1.58 bits per heavy atom. The molecule has 0 unspecified atom stereocenters. The second-order valence-electron chi connectivity index (χ2n) is 12.6. The Kier molecular flexibility index (Phi) is 12.4. The van der Waals surface area contributed by atoms with Gasteiger partial charge in [0.25, 0.3) is 5.91 Å². The summed E-state index contributed by atoms with van der Waals surface area (Å²) in [6, 6.07) is 42.6. The van der Waals surface area contributed by atoms with E-state index in [0.29, 0.717) is 42.2 Å². The average molecular weight is 711 g/mol. The summed E-state index contributed by atoms with van der Waals surface area (Å²) < 4.78 is 18.1. The summed E-state index contributed by atoms with van der Waals surface area (Å²) >= 11 is 0. The molecule has 0 fully saturated rings. The van der Waals surface area contributed by atoms with Gasteiger partial charge in [-0.1, -0.05) is 102 Å². The predicted octanol–water partition coefficient (Wildman–Crippen LogP) is 7.22. The van der Waals surface area contributed by atoms with Gasteiger partial charge in [0.15, 0.2) is 11.6 Å². The number of nitrogens with one attached hydrogen (secondary N) is 2. The zero-order valence-electron chi connectivity index (χ0n) is 29.5. The van der Waals surface area contributed by atoms with Crippen LogP contribution >= 0.6 is 0 Å². The van der Waals surface area contributed by atoms with Crippen molar-refractivity contribution in [3.63, 3.8) is 0 Å². The van der Waals surface area contributed by atoms with E-state index in [4.69, 9.17) is 29.8 Å². The lowest BCUT2D eigenvalue weighted by Gasteiger charge is -2.32. The number of carbonyl (C=O) groups is 1. The number of benzene rings is 5. The Morgan fingerprint density at radius 3 is 2.25 bits per heavy atom. The number of aliphatic hydroxyl groups excluding tert-OH is 1. The first-order chi connectivity index (χ1) is 26.0. The smallest absolute Gasteiger partial charge is 0.266 e. The van der Waals surface area contributed by atoms with Gasteiger partial charge >= 0.3 is 0 Å². The number of aliphatic hydroxyl groups is 1. The van der Waals surface area contributed by atoms with Crippen LogP contribution in [0.15, 0.2) is 144 Å². The molecule has 53 heavy (non-hydrogen) atoms. The van der Waals surface area contributed by atoms with Crippen molar-refractivity contribution in [1.82, 2.24) is 10.9 Å². The minimum atomic E-state index is -1.52. The van der Waals surface area contributed by atoms with Crippen LogP contribution < -0.4 is 20.3 Å². The molecule has 6 rings (SSSR count). The number of hydrogen-bond donors (Lipinski definition) is 3. The van der Waals surface area contributed by atoms with Crippen molar-refractivity contribution >= 4 is 11.8 Å². The molecule has 0 spiro atoms. The molecular formula is C42H42N6O5. The number of nitrogens with zero attached hydrogens (tertiary/aromatic N) is 4. The van der Waals surface area contributed by atoms with E-state index in [9.17, 15) is 4.79 Å². The van der Waals surface area contributed by atoms with Gasteiger partial charge < -0.3 is 19.3 Å². The summed E-state index contributed by atoms with van der Waals surface area (Å²) in [4.78, 5) is 23.1. The van der Waals surface area contributed by atoms with E-state index in [1.165, 1.54) is 0 Å². The molecule has 1 heterocycles. The predicted molar refractivity (Wildman–Crippen MR) is 204 cm³/mol. The van der Waals surface area contributed by atoms with Crippen LogP contribution in [0.3, 0.4) is 0 Å². The minimum Gasteiger partial charge on any atom is -0.497 e. The zero-order valence-corrected chi connectivity index (χ0v) is 29.5. The van der Waals surface area contributed by atoms with Crippen LogP contribution in [0.1, 0.15) is 51.8 Å². The average Bonchev–Trinajstić information content (AvgIpc) is 3.60. The van der Waals surface area contributed by atoms with E-state index in [1.54, 1.807) is 7.11 Å². The first-order valence-corrected chi connectivity index (χ1v) is 17.5. The topological polar surface area (TPSA) is 150 Å². The van der Waals surface area contributed by atoms with Crippen LogP contribution in [0.25, 0.3) is 10.4 Å². The molecule has 0 aromatic heterocycles. The van der Waals surface area contributed by atoms with Crippen molar-refractivity contribution in [2.75, 3.05) is 26.9 Å². The standard InChI is InChI=1S/C42H42N6O5/c1-51-37-19-10-18-33(26-37)39-42(27-34-16-8-9-17-35(34)28-45-48-43,46-40(53-39)32-20-22-36(23-21-32)52-25-11-24-49)41(50)47-44-29-38(30-12-4-2-5-13-30)31-14-6-3-7-15-31/h2-10,12-23,26,38-39,44,49H,11,24-25,27-29H2,1H3,(H,47,50)/t39-,42-/m0/s1. The quantitative estimate of drug-likeness (QED) is 0.0305. The third-order valence-corrected chi connectivity index (χ3v) is 9.22. The van der Waals surface area contributed by atoms with Gasteiger partial charge in [0, 0.05) is 42.4 Å². The number of aliphatic imine (C=N–C) groups is 1. The Balaban J connectivity index is 1.40. The number of hydrazine groups is 1. The number of ether oxygens (including phenoxy) is 3. The number of azide groups is 1. The van der Waals surface area contributed by atoms with E-state index < -0.39 is 17.6 Å². The fraction of sp³-hybridized carbons (Fsp3) is 0.238. The van der Waals surface area contributed by atoms with Gasteiger partial charge in [0.1, 0.15) is 11.5 Å². The zero-order chi connectivity index (χ0) is 36.9. The Morgan fingerprint density at radius 1 is 0.906 bits per heavy atom. The van der Waals surface area contributed by atoms with E-state index in [0.717, 1.165) is 22.3 Å². The third-order valence-electron chi connectivity index (χ3n) is 9.22. The summed E-state index contributed by atoms with van der Waals surface area (Å²) in [7, 11) is 1.59. The molecule has 11 heteroatoms. The minimum absolute atomic E-state index is 0.0402. The van der Waals surface area contributed by atoms with Crippen molar-refractivity contribution in [2.24, 2.45) is 10.1 Å². The highest BCUT2D eigenvalue weighted by Gasteiger charge is 2.53. The van der Waals surface area contributed by atoms with Crippen LogP contribution in [-0.4, -0.2) is 49.3 Å². The highest BCUT2D eigenvalue weighted by Crippen LogP contribution is 2.43. The summed E-state index contributed by atoms with van der Waals surface area (Å²) in [5.74, 6) is 1.08. The molecule has 1 aliphatic rings. The Hall–Kier alpha value is -6.13. The third kappa shape index (κ3) is 8.85. The maximum Gasteiger partial charge on any atom is 0.266 e. The lowest BCUT2D eigenvalue weighted by atomic mass is 9.81. The molecule has 0 aliphatic carbocycles. The molecule has 1 aliphatic heterocycles. The second kappa shape index (κ2) is 17.9. The largest absolute Gasteiger partial charge is 0.497 e. The van der Waals surface area contributed by atoms with Gasteiger partial charge in [-0.15, -0.1) is 0 Å². The Bertz CT molecular complexity index is 2000. The SMILES string of the molecule is COc1cccc([C@@H]2OC(c3ccc(OCCCO)cc3)=N[C@]2(Cc2ccccc2CN=[N+]=[N-])C(=O)NNCC(c2ccccc2)c2ccccc2)c1. The van der Waals surface area contributed by atoms with E-state index >= 15 is 0 Å². The van der Waals surface area contributed by atoms with Gasteiger partial charge in [-0.3, -0.25) is 10.2 Å². The van der Waals surface area contributed by atoms with Gasteiger partial charge in [0.05, 0.1) is 20.3 Å². The van der Waals surface area contributed by atoms with Crippen molar-refractivity contribution in [1.29, 1.82) is 0 Å². The molecule has 5 aromatic carbocycles. The molecule has 0 bridgehead atoms. The molecule has 0 radical (unpaired) electrons. The number of carbonyl (C=O) groups excluding carboxylic acids is 1. The monoisotopic (exact) mass is 710 g/mol. The van der Waals surface area contributed by atoms with Crippen LogP contribution in [-0.2, 0) is 22.5 Å². The normalized spacial score (nSPS) is 16.3. The van der Waals surface area contributed by atoms with E-state index in [2.05, 4.69) is 45.1 Å². The molecule has 5 aromatic rings. The van der Waals surface area contributed by atoms with Crippen molar-refractivity contribution in [2.45, 2.75) is 36.9 Å². The summed E-state index contributed by atoms with van der Waals surface area (Å²) in [5, 5.41) is 13.0. The first-order valence-electron chi connectivity index (χ1n) is 17.5. The molecule has 270 valence electrons. The maximum atomic E-state index is 15.0. The maximum absolute atomic E-state index is 15.0. The van der Waals surface area contributed by atoms with Gasteiger partial charge in [-0.25, -0.2) is 10.4 Å². The van der Waals surface area contributed by atoms with Crippen LogP contribution in [0.2, 0.25) is 0 Å². The van der Waals surface area contributed by atoms with Crippen molar-refractivity contribution in [3.8, 4) is 11.5 Å². The molecule has 0 saturated carbocycles. The van der Waals surface area contributed by atoms with Crippen molar-refractivity contribution < 1.29 is 24.1 Å². The fourth-order valence-electron chi connectivity index (χ4n) is 6.51. The lowest BCUT2D eigenvalue weighted by Crippen LogP contribution is -2.54. The van der Waals surface area contributed by atoms with Crippen LogP contribution in [0.5, 0.6) is 11.5 Å². The number of methoxy groups -OCH3 is 1. The van der Waals surface area contributed by atoms with Gasteiger partial charge in [-0.05, 0) is 69.7 Å². The number of hydrogen-bond acceptors (Lipinski definition) is 8. The Labute approximate surface area is 308 Å². The van der Waals surface area contributed by atoms with Gasteiger partial charge in [0.2, 0.25) is 5.90 Å². The molecule has 2 atom stereocenters. The summed E-state index contributed by atoms with van der Waals surface area (Å²) in [5.41, 5.74) is 19.0. The van der Waals surface area contributed by atoms with Crippen LogP contribution in [0, 0.1) is 0 Å². The number of rotatable bonds is 17. The van der Waals surface area contributed by atoms with E-state index in [1.807, 2.05) is 109 Å². The first kappa shape index (κ1) is 36.7. The van der Waals surface area contributed by atoms with Crippen molar-refractivity contribution in [3.05, 3.63) is 177 Å². The van der Waals surface area contributed by atoms with E-state index in [-0.39, 0.29) is 31.4 Å². The highest BCUT2D eigenvalue weighted by atomic mass is 16.5. The molecule has 11 nitrogen and oxygen atoms in total. The van der Waals surface area contributed by atoms with Crippen LogP contribution in [0.4, 0.5) is 0 Å². The second-order valence-corrected chi connectivity index (χ2v) is 12.6. The molecule has 1 amide bonds. The van der Waals surface area contributed by atoms with Gasteiger partial charge in [-0.2, -0.15) is 0 Å². The number of amides is 1. The molecular weight excluding hydrogens is 668 g/mol. The summed E-state index contributed by atoms with van der Waals surface area (Å²) in [6.07, 6.45) is -0.225.